The number of aryl methyl sites for hydroxylation is 1. The van der Waals surface area contributed by atoms with Gasteiger partial charge in [-0.15, -0.1) is 0 Å². The third-order valence-corrected chi connectivity index (χ3v) is 3.86. The Balaban J connectivity index is 2.22. The van der Waals surface area contributed by atoms with Crippen molar-refractivity contribution in [2.24, 2.45) is 0 Å². The SMILES string of the molecule is CCCN(C(=O)c1ccc(C)c(OC)c1)C1CCNC1. The Hall–Kier alpha value is -1.55. The maximum absolute atomic E-state index is 12.7. The van der Waals surface area contributed by atoms with Gasteiger partial charge in [0.2, 0.25) is 0 Å². The molecule has 1 aromatic carbocycles. The van der Waals surface area contributed by atoms with E-state index in [1.54, 1.807) is 7.11 Å². The number of nitrogens with one attached hydrogen (secondary N) is 1. The first-order chi connectivity index (χ1) is 9.67. The first-order valence-electron chi connectivity index (χ1n) is 7.33. The molecule has 1 fully saturated rings. The number of methoxy groups -OCH3 is 1. The molecule has 1 N–H and O–H groups in total. The van der Waals surface area contributed by atoms with Crippen LogP contribution in [0.25, 0.3) is 0 Å². The second-order valence-electron chi connectivity index (χ2n) is 5.33. The molecule has 1 amide bonds. The van der Waals surface area contributed by atoms with E-state index in [9.17, 15) is 4.79 Å². The normalized spacial score (nSPS) is 18.1. The van der Waals surface area contributed by atoms with Gasteiger partial charge in [-0.1, -0.05) is 13.0 Å². The van der Waals surface area contributed by atoms with Crippen molar-refractivity contribution in [2.75, 3.05) is 26.7 Å². The number of rotatable bonds is 5. The average Bonchev–Trinajstić information content (AvgIpc) is 2.98. The predicted molar refractivity (Wildman–Crippen MR) is 80.3 cm³/mol. The minimum atomic E-state index is 0.110. The third kappa shape index (κ3) is 3.12. The summed E-state index contributed by atoms with van der Waals surface area (Å²) in [5, 5.41) is 3.33. The lowest BCUT2D eigenvalue weighted by Gasteiger charge is -2.28. The van der Waals surface area contributed by atoms with E-state index in [1.807, 2.05) is 30.0 Å². The highest BCUT2D eigenvalue weighted by molar-refractivity contribution is 5.95. The first-order valence-corrected chi connectivity index (χ1v) is 7.33. The number of hydrogen-bond acceptors (Lipinski definition) is 3. The van der Waals surface area contributed by atoms with Gasteiger partial charge in [0.15, 0.2) is 0 Å². The van der Waals surface area contributed by atoms with E-state index in [0.29, 0.717) is 11.6 Å². The Morgan fingerprint density at radius 1 is 1.50 bits per heavy atom. The molecular weight excluding hydrogens is 252 g/mol. The van der Waals surface area contributed by atoms with Gasteiger partial charge in [0.1, 0.15) is 5.75 Å². The summed E-state index contributed by atoms with van der Waals surface area (Å²) < 4.78 is 5.32. The average molecular weight is 276 g/mol. The van der Waals surface area contributed by atoms with E-state index in [2.05, 4.69) is 12.2 Å². The summed E-state index contributed by atoms with van der Waals surface area (Å²) >= 11 is 0. The van der Waals surface area contributed by atoms with E-state index >= 15 is 0 Å². The number of hydrogen-bond donors (Lipinski definition) is 1. The monoisotopic (exact) mass is 276 g/mol. The summed E-state index contributed by atoms with van der Waals surface area (Å²) in [4.78, 5) is 14.7. The Morgan fingerprint density at radius 3 is 2.90 bits per heavy atom. The number of benzene rings is 1. The van der Waals surface area contributed by atoms with E-state index in [-0.39, 0.29) is 5.91 Å². The van der Waals surface area contributed by atoms with Gasteiger partial charge >= 0.3 is 0 Å². The van der Waals surface area contributed by atoms with Gasteiger partial charge < -0.3 is 15.0 Å². The van der Waals surface area contributed by atoms with Crippen LogP contribution < -0.4 is 10.1 Å². The fraction of sp³-hybridized carbons (Fsp3) is 0.562. The predicted octanol–water partition coefficient (Wildman–Crippen LogP) is 2.22. The van der Waals surface area contributed by atoms with Gasteiger partial charge in [-0.05, 0) is 44.0 Å². The fourth-order valence-electron chi connectivity index (χ4n) is 2.72. The van der Waals surface area contributed by atoms with Crippen LogP contribution in [-0.4, -0.2) is 43.6 Å². The molecule has 4 nitrogen and oxygen atoms in total. The molecule has 1 saturated heterocycles. The summed E-state index contributed by atoms with van der Waals surface area (Å²) in [6.07, 6.45) is 2.01. The van der Waals surface area contributed by atoms with Crippen LogP contribution in [0.3, 0.4) is 0 Å². The number of amides is 1. The van der Waals surface area contributed by atoms with Crippen LogP contribution in [0.1, 0.15) is 35.7 Å². The van der Waals surface area contributed by atoms with Crippen LogP contribution >= 0.6 is 0 Å². The van der Waals surface area contributed by atoms with E-state index in [0.717, 1.165) is 43.8 Å². The molecule has 20 heavy (non-hydrogen) atoms. The van der Waals surface area contributed by atoms with Crippen molar-refractivity contribution in [1.29, 1.82) is 0 Å². The van der Waals surface area contributed by atoms with Crippen LogP contribution in [0.5, 0.6) is 5.75 Å². The van der Waals surface area contributed by atoms with Gasteiger partial charge in [-0.25, -0.2) is 0 Å². The minimum Gasteiger partial charge on any atom is -0.496 e. The first kappa shape index (κ1) is 14.9. The van der Waals surface area contributed by atoms with Crippen molar-refractivity contribution in [1.82, 2.24) is 10.2 Å². The topological polar surface area (TPSA) is 41.6 Å². The highest BCUT2D eigenvalue weighted by Crippen LogP contribution is 2.21. The zero-order valence-corrected chi connectivity index (χ0v) is 12.6. The van der Waals surface area contributed by atoms with E-state index in [1.165, 1.54) is 0 Å². The van der Waals surface area contributed by atoms with Gasteiger partial charge in [0, 0.05) is 24.7 Å². The van der Waals surface area contributed by atoms with Crippen LogP contribution in [0.15, 0.2) is 18.2 Å². The maximum atomic E-state index is 12.7. The molecular formula is C16H24N2O2. The molecule has 1 unspecified atom stereocenters. The van der Waals surface area contributed by atoms with Crippen molar-refractivity contribution in [3.05, 3.63) is 29.3 Å². The van der Waals surface area contributed by atoms with Crippen molar-refractivity contribution in [2.45, 2.75) is 32.7 Å². The summed E-state index contributed by atoms with van der Waals surface area (Å²) in [6.45, 7) is 6.79. The summed E-state index contributed by atoms with van der Waals surface area (Å²) in [5.74, 6) is 0.885. The van der Waals surface area contributed by atoms with Crippen molar-refractivity contribution in [3.8, 4) is 5.75 Å². The maximum Gasteiger partial charge on any atom is 0.254 e. The lowest BCUT2D eigenvalue weighted by molar-refractivity contribution is 0.0692. The van der Waals surface area contributed by atoms with Crippen LogP contribution in [0, 0.1) is 6.92 Å². The standard InChI is InChI=1S/C16H24N2O2/c1-4-9-18(14-7-8-17-11-14)16(19)13-6-5-12(2)15(10-13)20-3/h5-6,10,14,17H,4,7-9,11H2,1-3H3. The second-order valence-corrected chi connectivity index (χ2v) is 5.33. The largest absolute Gasteiger partial charge is 0.496 e. The van der Waals surface area contributed by atoms with Crippen molar-refractivity contribution < 1.29 is 9.53 Å². The zero-order chi connectivity index (χ0) is 14.5. The molecule has 0 aromatic heterocycles. The summed E-state index contributed by atoms with van der Waals surface area (Å²) in [6, 6.07) is 6.01. The van der Waals surface area contributed by atoms with Gasteiger partial charge in [0.25, 0.3) is 5.91 Å². The zero-order valence-electron chi connectivity index (χ0n) is 12.6. The molecule has 0 saturated carbocycles. The molecule has 1 heterocycles. The lowest BCUT2D eigenvalue weighted by Crippen LogP contribution is -2.42. The third-order valence-electron chi connectivity index (χ3n) is 3.86. The smallest absolute Gasteiger partial charge is 0.254 e. The van der Waals surface area contributed by atoms with Crippen LogP contribution in [0.4, 0.5) is 0 Å². The van der Waals surface area contributed by atoms with Gasteiger partial charge in [-0.2, -0.15) is 0 Å². The molecule has 4 heteroatoms. The number of ether oxygens (including phenoxy) is 1. The quantitative estimate of drug-likeness (QED) is 0.896. The fourth-order valence-corrected chi connectivity index (χ4v) is 2.72. The Bertz CT molecular complexity index is 468. The number of carbonyl (C=O) groups excluding carboxylic acids is 1. The molecule has 0 radical (unpaired) electrons. The summed E-state index contributed by atoms with van der Waals surface area (Å²) in [5.41, 5.74) is 1.77. The number of nitrogens with zero attached hydrogens (tertiary/aromatic N) is 1. The van der Waals surface area contributed by atoms with Crippen molar-refractivity contribution in [3.63, 3.8) is 0 Å². The molecule has 110 valence electrons. The molecule has 1 aliphatic heterocycles. The second kappa shape index (κ2) is 6.75. The van der Waals surface area contributed by atoms with Gasteiger partial charge in [-0.3, -0.25) is 4.79 Å². The molecule has 0 spiro atoms. The Labute approximate surface area is 121 Å². The molecule has 1 aliphatic rings. The molecule has 1 aromatic rings. The molecule has 0 aliphatic carbocycles. The van der Waals surface area contributed by atoms with Crippen LogP contribution in [0.2, 0.25) is 0 Å². The summed E-state index contributed by atoms with van der Waals surface area (Å²) in [7, 11) is 1.64. The highest BCUT2D eigenvalue weighted by atomic mass is 16.5. The van der Waals surface area contributed by atoms with Crippen molar-refractivity contribution >= 4 is 5.91 Å². The van der Waals surface area contributed by atoms with E-state index < -0.39 is 0 Å². The molecule has 0 bridgehead atoms. The van der Waals surface area contributed by atoms with Gasteiger partial charge in [0.05, 0.1) is 7.11 Å². The number of carbonyl (C=O) groups is 1. The molecule has 2 rings (SSSR count). The minimum absolute atomic E-state index is 0.110. The van der Waals surface area contributed by atoms with Crippen LogP contribution in [-0.2, 0) is 0 Å². The highest BCUT2D eigenvalue weighted by Gasteiger charge is 2.26. The molecule has 1 atom stereocenters. The Morgan fingerprint density at radius 2 is 2.30 bits per heavy atom. The van der Waals surface area contributed by atoms with E-state index in [4.69, 9.17) is 4.74 Å². The Kier molecular flexibility index (Phi) is 5.01. The lowest BCUT2D eigenvalue weighted by atomic mass is 10.1.